The fraction of sp³-hybridized carbons (Fsp3) is 0.256. The van der Waals surface area contributed by atoms with Gasteiger partial charge in [0.05, 0.1) is 46.8 Å². The number of nitriles is 1. The van der Waals surface area contributed by atoms with E-state index >= 15 is 4.79 Å². The zero-order chi connectivity index (χ0) is 39.8. The molecular weight excluding hydrogens is 783 g/mol. The number of halogens is 3. The van der Waals surface area contributed by atoms with E-state index in [2.05, 4.69) is 21.3 Å². The Bertz CT molecular complexity index is 2520. The fourth-order valence-corrected chi connectivity index (χ4v) is 8.64. The van der Waals surface area contributed by atoms with Gasteiger partial charge >= 0.3 is 0 Å². The maximum absolute atomic E-state index is 15.1. The molecule has 2 saturated heterocycles. The van der Waals surface area contributed by atoms with Gasteiger partial charge < -0.3 is 24.5 Å². The molecular formula is C43H39Cl3N8O3. The van der Waals surface area contributed by atoms with E-state index in [1.807, 2.05) is 60.0 Å². The Hall–Kier alpha value is -5.35. The van der Waals surface area contributed by atoms with Gasteiger partial charge in [-0.1, -0.05) is 77.3 Å². The van der Waals surface area contributed by atoms with Gasteiger partial charge in [-0.25, -0.2) is 15.8 Å². The molecule has 1 unspecified atom stereocenters. The summed E-state index contributed by atoms with van der Waals surface area (Å²) < 4.78 is 7.57. The SMILES string of the molecule is C[C@@H](c1ccc(Cl)cc1Cl)n1cnc(-c2ccccc2)c1-c1c(C(=O)N(N)c2cc(C#N)ccc2N2CCC(NC(=O)C3CCCO3)CC2)[nH]c2cc(Cl)ccc12. The van der Waals surface area contributed by atoms with Gasteiger partial charge in [0.1, 0.15) is 11.8 Å². The quantitative estimate of drug-likeness (QED) is 0.0751. The number of nitrogens with zero attached hydrogens (tertiary/aromatic N) is 5. The van der Waals surface area contributed by atoms with Crippen molar-refractivity contribution in [3.8, 4) is 28.6 Å². The van der Waals surface area contributed by atoms with Gasteiger partial charge in [0.15, 0.2) is 0 Å². The average Bonchev–Trinajstić information content (AvgIpc) is 4.00. The van der Waals surface area contributed by atoms with Crippen molar-refractivity contribution in [2.75, 3.05) is 29.6 Å². The van der Waals surface area contributed by atoms with Crippen LogP contribution < -0.4 is 21.1 Å². The fourth-order valence-electron chi connectivity index (χ4n) is 7.90. The highest BCUT2D eigenvalue weighted by atomic mass is 35.5. The van der Waals surface area contributed by atoms with E-state index < -0.39 is 12.0 Å². The molecule has 57 heavy (non-hydrogen) atoms. The summed E-state index contributed by atoms with van der Waals surface area (Å²) in [5, 5.41) is 16.4. The number of anilines is 2. The first-order valence-corrected chi connectivity index (χ1v) is 19.9. The molecule has 0 spiro atoms. The van der Waals surface area contributed by atoms with E-state index in [-0.39, 0.29) is 23.7 Å². The van der Waals surface area contributed by atoms with Crippen molar-refractivity contribution in [2.24, 2.45) is 5.84 Å². The van der Waals surface area contributed by atoms with E-state index in [4.69, 9.17) is 50.4 Å². The molecule has 2 aromatic heterocycles. The van der Waals surface area contributed by atoms with Crippen LogP contribution in [-0.2, 0) is 9.53 Å². The maximum atomic E-state index is 15.1. The first-order valence-electron chi connectivity index (χ1n) is 18.8. The summed E-state index contributed by atoms with van der Waals surface area (Å²) >= 11 is 19.6. The number of nitrogens with two attached hydrogens (primary N) is 1. The van der Waals surface area contributed by atoms with E-state index in [0.717, 1.165) is 34.4 Å². The second-order valence-electron chi connectivity index (χ2n) is 14.4. The molecule has 4 aromatic carbocycles. The molecule has 14 heteroatoms. The monoisotopic (exact) mass is 820 g/mol. The van der Waals surface area contributed by atoms with E-state index in [9.17, 15) is 10.1 Å². The summed E-state index contributed by atoms with van der Waals surface area (Å²) in [6.45, 7) is 3.81. The number of benzene rings is 4. The highest BCUT2D eigenvalue weighted by Gasteiger charge is 2.33. The summed E-state index contributed by atoms with van der Waals surface area (Å²) in [4.78, 5) is 38.2. The molecule has 4 N–H and O–H groups in total. The highest BCUT2D eigenvalue weighted by Crippen LogP contribution is 2.43. The number of rotatable bonds is 9. The molecule has 2 aliphatic heterocycles. The molecule has 0 radical (unpaired) electrons. The van der Waals surface area contributed by atoms with Crippen LogP contribution in [0.3, 0.4) is 0 Å². The summed E-state index contributed by atoms with van der Waals surface area (Å²) in [6, 6.07) is 27.5. The van der Waals surface area contributed by atoms with Crippen LogP contribution in [0.15, 0.2) is 91.3 Å². The van der Waals surface area contributed by atoms with Crippen LogP contribution >= 0.6 is 34.8 Å². The summed E-state index contributed by atoms with van der Waals surface area (Å²) in [5.74, 6) is 6.28. The first kappa shape index (κ1) is 38.5. The third-order valence-corrected chi connectivity index (χ3v) is 11.7. The molecule has 11 nitrogen and oxygen atoms in total. The van der Waals surface area contributed by atoms with Crippen LogP contribution in [0.25, 0.3) is 33.4 Å². The van der Waals surface area contributed by atoms with Gasteiger partial charge in [-0.15, -0.1) is 0 Å². The Morgan fingerprint density at radius 1 is 1.00 bits per heavy atom. The van der Waals surface area contributed by atoms with Crippen molar-refractivity contribution >= 4 is 68.9 Å². The number of carbonyl (C=O) groups excluding carboxylic acids is 2. The number of piperidine rings is 1. The number of hydrogen-bond acceptors (Lipinski definition) is 7. The van der Waals surface area contributed by atoms with Gasteiger partial charge in [-0.2, -0.15) is 5.26 Å². The van der Waals surface area contributed by atoms with Crippen LogP contribution in [0.1, 0.15) is 60.3 Å². The summed E-state index contributed by atoms with van der Waals surface area (Å²) in [5.41, 5.74) is 5.73. The molecule has 290 valence electrons. The minimum atomic E-state index is -0.545. The number of nitrogens with one attached hydrogen (secondary N) is 2. The molecule has 2 aliphatic rings. The molecule has 0 bridgehead atoms. The number of imidazole rings is 1. The van der Waals surface area contributed by atoms with Crippen molar-refractivity contribution in [2.45, 2.75) is 50.8 Å². The average molecular weight is 822 g/mol. The van der Waals surface area contributed by atoms with Crippen molar-refractivity contribution < 1.29 is 14.3 Å². The Balaban J connectivity index is 1.21. The lowest BCUT2D eigenvalue weighted by atomic mass is 9.99. The van der Waals surface area contributed by atoms with Crippen molar-refractivity contribution in [3.63, 3.8) is 0 Å². The minimum Gasteiger partial charge on any atom is -0.370 e. The molecule has 2 fully saturated rings. The first-order chi connectivity index (χ1) is 27.6. The van der Waals surface area contributed by atoms with Crippen molar-refractivity contribution in [3.05, 3.63) is 123 Å². The van der Waals surface area contributed by atoms with Gasteiger partial charge in [-0.05, 0) is 80.6 Å². The normalized spacial score (nSPS) is 16.4. The smallest absolute Gasteiger partial charge is 0.289 e. The number of hydrogen-bond donors (Lipinski definition) is 3. The van der Waals surface area contributed by atoms with Gasteiger partial charge in [-0.3, -0.25) is 9.59 Å². The largest absolute Gasteiger partial charge is 0.370 e. The second kappa shape index (κ2) is 16.3. The van der Waals surface area contributed by atoms with Crippen LogP contribution in [0, 0.1) is 11.3 Å². The molecule has 0 saturated carbocycles. The standard InChI is InChI=1S/C43H39Cl3N8O3/c1-25(31-12-10-28(44)21-33(31)46)53-24-49-39(27-6-3-2-4-7-27)41(53)38-32-13-11-29(45)22-34(32)51-40(38)43(56)54(48)36-20-26(23-47)9-14-35(36)52-17-15-30(16-18-52)50-42(55)37-8-5-19-57-37/h2-4,6-7,9-14,20-22,24-25,30,37,51H,5,8,15-19,48H2,1H3,(H,50,55)/t25-,37?/m0/s1. The van der Waals surface area contributed by atoms with E-state index in [0.29, 0.717) is 87.0 Å². The lowest BCUT2D eigenvalue weighted by Crippen LogP contribution is -2.48. The number of H-pyrrole nitrogens is 1. The third-order valence-electron chi connectivity index (χ3n) is 10.9. The Labute approximate surface area is 344 Å². The predicted molar refractivity (Wildman–Crippen MR) is 225 cm³/mol. The van der Waals surface area contributed by atoms with Crippen LogP contribution in [0.2, 0.25) is 15.1 Å². The van der Waals surface area contributed by atoms with Crippen molar-refractivity contribution in [1.29, 1.82) is 5.26 Å². The van der Waals surface area contributed by atoms with E-state index in [1.165, 1.54) is 0 Å². The van der Waals surface area contributed by atoms with Crippen LogP contribution in [0.4, 0.5) is 11.4 Å². The lowest BCUT2D eigenvalue weighted by molar-refractivity contribution is -0.130. The molecule has 2 amide bonds. The number of carbonyl (C=O) groups is 2. The van der Waals surface area contributed by atoms with E-state index in [1.54, 1.807) is 42.7 Å². The Kier molecular flexibility index (Phi) is 11.0. The molecule has 0 aliphatic carbocycles. The lowest BCUT2D eigenvalue weighted by Gasteiger charge is -2.36. The number of ether oxygens (including phenoxy) is 1. The summed E-state index contributed by atoms with van der Waals surface area (Å²) in [7, 11) is 0. The zero-order valence-corrected chi connectivity index (χ0v) is 33.3. The molecule has 2 atom stereocenters. The number of aromatic nitrogens is 3. The molecule has 4 heterocycles. The van der Waals surface area contributed by atoms with Gasteiger partial charge in [0.2, 0.25) is 5.91 Å². The Morgan fingerprint density at radius 2 is 1.75 bits per heavy atom. The molecule has 8 rings (SSSR count). The van der Waals surface area contributed by atoms with Gasteiger partial charge in [0.25, 0.3) is 5.91 Å². The number of amides is 2. The zero-order valence-electron chi connectivity index (χ0n) is 31.0. The van der Waals surface area contributed by atoms with Crippen LogP contribution in [-0.4, -0.2) is 58.2 Å². The topological polar surface area (TPSA) is 145 Å². The Morgan fingerprint density at radius 3 is 2.47 bits per heavy atom. The summed E-state index contributed by atoms with van der Waals surface area (Å²) in [6.07, 6.45) is 4.34. The van der Waals surface area contributed by atoms with Gasteiger partial charge in [0, 0.05) is 62.8 Å². The second-order valence-corrected chi connectivity index (χ2v) is 15.7. The highest BCUT2D eigenvalue weighted by molar-refractivity contribution is 6.35. The number of hydrazine groups is 1. The third kappa shape index (κ3) is 7.59. The predicted octanol–water partition coefficient (Wildman–Crippen LogP) is 8.92. The maximum Gasteiger partial charge on any atom is 0.289 e. The minimum absolute atomic E-state index is 0.00932. The van der Waals surface area contributed by atoms with Crippen LogP contribution in [0.5, 0.6) is 0 Å². The number of aromatic amines is 1. The number of fused-ring (bicyclic) bond motifs is 1. The van der Waals surface area contributed by atoms with Crippen molar-refractivity contribution in [1.82, 2.24) is 19.9 Å². The molecule has 6 aromatic rings.